The molecular weight excluding hydrogens is 202 g/mol. The van der Waals surface area contributed by atoms with Gasteiger partial charge in [0.05, 0.1) is 5.57 Å². The number of allylic oxidation sites excluding steroid dienone is 4. The summed E-state index contributed by atoms with van der Waals surface area (Å²) in [4.78, 5) is 23.3. The lowest BCUT2D eigenvalue weighted by Gasteiger charge is -2.14. The maximum Gasteiger partial charge on any atom is 0.173 e. The number of fused-ring (bicyclic) bond motifs is 1. The SMILES string of the molecule is CC1=C(C#N)C(=O)CCC2CCC(=O)C2=C1. The van der Waals surface area contributed by atoms with Crippen molar-refractivity contribution in [3.8, 4) is 6.07 Å². The molecule has 3 nitrogen and oxygen atoms in total. The van der Waals surface area contributed by atoms with E-state index in [2.05, 4.69) is 0 Å². The summed E-state index contributed by atoms with van der Waals surface area (Å²) >= 11 is 0. The van der Waals surface area contributed by atoms with Crippen LogP contribution in [0.25, 0.3) is 0 Å². The van der Waals surface area contributed by atoms with E-state index in [4.69, 9.17) is 5.26 Å². The Morgan fingerprint density at radius 3 is 2.50 bits per heavy atom. The zero-order chi connectivity index (χ0) is 11.7. The standard InChI is InChI=1S/C13H13NO2/c1-8-6-10-9(2-4-12(10)15)3-5-13(16)11(8)7-14/h6,9H,2-5H2,1H3. The summed E-state index contributed by atoms with van der Waals surface area (Å²) in [6.45, 7) is 1.73. The zero-order valence-corrected chi connectivity index (χ0v) is 9.25. The summed E-state index contributed by atoms with van der Waals surface area (Å²) in [7, 11) is 0. The molecule has 0 amide bonds. The molecule has 16 heavy (non-hydrogen) atoms. The Balaban J connectivity index is 2.49. The van der Waals surface area contributed by atoms with Gasteiger partial charge in [-0.25, -0.2) is 0 Å². The maximum absolute atomic E-state index is 11.7. The van der Waals surface area contributed by atoms with Crippen LogP contribution in [-0.2, 0) is 9.59 Å². The second-order valence-corrected chi connectivity index (χ2v) is 4.39. The minimum atomic E-state index is -0.0883. The molecule has 82 valence electrons. The number of carbonyl (C=O) groups is 2. The van der Waals surface area contributed by atoms with Crippen molar-refractivity contribution in [1.29, 1.82) is 5.26 Å². The van der Waals surface area contributed by atoms with Crippen molar-refractivity contribution in [2.45, 2.75) is 32.6 Å². The van der Waals surface area contributed by atoms with Gasteiger partial charge in [-0.3, -0.25) is 9.59 Å². The molecule has 0 aromatic rings. The van der Waals surface area contributed by atoms with E-state index in [1.165, 1.54) is 0 Å². The van der Waals surface area contributed by atoms with Gasteiger partial charge in [-0.05, 0) is 36.8 Å². The van der Waals surface area contributed by atoms with Crippen LogP contribution < -0.4 is 0 Å². The quantitative estimate of drug-likeness (QED) is 0.621. The fourth-order valence-corrected chi connectivity index (χ4v) is 2.44. The van der Waals surface area contributed by atoms with Gasteiger partial charge in [-0.1, -0.05) is 6.08 Å². The number of Topliss-reactive ketones (excluding diaryl/α,β-unsaturated/α-hetero) is 2. The first-order chi connectivity index (χ1) is 7.63. The van der Waals surface area contributed by atoms with Crippen molar-refractivity contribution in [1.82, 2.24) is 0 Å². The molecule has 0 aliphatic heterocycles. The minimum absolute atomic E-state index is 0.0883. The fourth-order valence-electron chi connectivity index (χ4n) is 2.44. The Kier molecular flexibility index (Phi) is 2.74. The predicted molar refractivity (Wildman–Crippen MR) is 58.4 cm³/mol. The summed E-state index contributed by atoms with van der Waals surface area (Å²) in [6, 6.07) is 1.94. The van der Waals surface area contributed by atoms with E-state index in [1.54, 1.807) is 13.0 Å². The third-order valence-electron chi connectivity index (χ3n) is 3.36. The Bertz CT molecular complexity index is 463. The average molecular weight is 215 g/mol. The van der Waals surface area contributed by atoms with E-state index >= 15 is 0 Å². The van der Waals surface area contributed by atoms with E-state index in [0.717, 1.165) is 12.0 Å². The van der Waals surface area contributed by atoms with Crippen LogP contribution in [0.4, 0.5) is 0 Å². The number of nitrogens with zero attached hydrogens (tertiary/aromatic N) is 1. The lowest BCUT2D eigenvalue weighted by molar-refractivity contribution is -0.116. The third-order valence-corrected chi connectivity index (χ3v) is 3.36. The van der Waals surface area contributed by atoms with Crippen molar-refractivity contribution in [3.05, 3.63) is 22.8 Å². The Hall–Kier alpha value is -1.69. The highest BCUT2D eigenvalue weighted by Crippen LogP contribution is 2.34. The van der Waals surface area contributed by atoms with Gasteiger partial charge in [0.25, 0.3) is 0 Å². The average Bonchev–Trinajstić information content (AvgIpc) is 2.57. The van der Waals surface area contributed by atoms with Crippen molar-refractivity contribution in [2.75, 3.05) is 0 Å². The fraction of sp³-hybridized carbons (Fsp3) is 0.462. The molecule has 0 N–H and O–H groups in total. The molecule has 1 saturated carbocycles. The van der Waals surface area contributed by atoms with E-state index in [1.807, 2.05) is 6.07 Å². The molecule has 0 saturated heterocycles. The van der Waals surface area contributed by atoms with E-state index in [0.29, 0.717) is 24.8 Å². The van der Waals surface area contributed by atoms with Crippen LogP contribution in [0.3, 0.4) is 0 Å². The van der Waals surface area contributed by atoms with Crippen molar-refractivity contribution in [3.63, 3.8) is 0 Å². The number of rotatable bonds is 0. The maximum atomic E-state index is 11.7. The number of hydrogen-bond donors (Lipinski definition) is 0. The van der Waals surface area contributed by atoms with Crippen molar-refractivity contribution >= 4 is 11.6 Å². The Labute approximate surface area is 94.4 Å². The summed E-state index contributed by atoms with van der Waals surface area (Å²) in [6.07, 6.45) is 4.27. The molecule has 2 aliphatic rings. The summed E-state index contributed by atoms with van der Waals surface area (Å²) in [5.74, 6) is 0.317. The van der Waals surface area contributed by atoms with Gasteiger partial charge in [-0.2, -0.15) is 5.26 Å². The Morgan fingerprint density at radius 1 is 1.25 bits per heavy atom. The predicted octanol–water partition coefficient (Wildman–Crippen LogP) is 2.09. The van der Waals surface area contributed by atoms with Gasteiger partial charge >= 0.3 is 0 Å². The highest BCUT2D eigenvalue weighted by molar-refractivity contribution is 6.03. The van der Waals surface area contributed by atoms with Crippen LogP contribution in [0.15, 0.2) is 22.8 Å². The van der Waals surface area contributed by atoms with Crippen LogP contribution in [0.2, 0.25) is 0 Å². The van der Waals surface area contributed by atoms with Crippen LogP contribution >= 0.6 is 0 Å². The molecule has 0 spiro atoms. The molecule has 3 heteroatoms. The van der Waals surface area contributed by atoms with Gasteiger partial charge in [0.1, 0.15) is 6.07 Å². The van der Waals surface area contributed by atoms with E-state index in [9.17, 15) is 9.59 Å². The van der Waals surface area contributed by atoms with Crippen LogP contribution in [-0.4, -0.2) is 11.6 Å². The molecule has 0 heterocycles. The molecule has 2 rings (SSSR count). The first-order valence-electron chi connectivity index (χ1n) is 5.52. The van der Waals surface area contributed by atoms with Gasteiger partial charge in [-0.15, -0.1) is 0 Å². The van der Waals surface area contributed by atoms with E-state index in [-0.39, 0.29) is 23.1 Å². The topological polar surface area (TPSA) is 57.9 Å². The minimum Gasteiger partial charge on any atom is -0.295 e. The van der Waals surface area contributed by atoms with Crippen LogP contribution in [0, 0.1) is 17.2 Å². The molecule has 2 aliphatic carbocycles. The lowest BCUT2D eigenvalue weighted by Crippen LogP contribution is -2.11. The lowest BCUT2D eigenvalue weighted by atomic mass is 9.88. The molecular formula is C13H13NO2. The van der Waals surface area contributed by atoms with Gasteiger partial charge in [0, 0.05) is 12.8 Å². The third kappa shape index (κ3) is 1.71. The highest BCUT2D eigenvalue weighted by Gasteiger charge is 2.30. The van der Waals surface area contributed by atoms with Crippen molar-refractivity contribution in [2.24, 2.45) is 5.92 Å². The molecule has 1 atom stereocenters. The van der Waals surface area contributed by atoms with Gasteiger partial charge in [0.2, 0.25) is 0 Å². The second kappa shape index (κ2) is 4.05. The molecule has 0 bridgehead atoms. The first-order valence-corrected chi connectivity index (χ1v) is 5.52. The van der Waals surface area contributed by atoms with E-state index < -0.39 is 0 Å². The van der Waals surface area contributed by atoms with Crippen LogP contribution in [0.1, 0.15) is 32.6 Å². The number of carbonyl (C=O) groups excluding carboxylic acids is 2. The number of hydrogen-bond acceptors (Lipinski definition) is 3. The first kappa shape index (κ1) is 10.8. The van der Waals surface area contributed by atoms with Gasteiger partial charge < -0.3 is 0 Å². The largest absolute Gasteiger partial charge is 0.295 e. The molecule has 0 radical (unpaired) electrons. The summed E-state index contributed by atoms with van der Waals surface area (Å²) in [5.41, 5.74) is 1.67. The summed E-state index contributed by atoms with van der Waals surface area (Å²) in [5, 5.41) is 8.91. The summed E-state index contributed by atoms with van der Waals surface area (Å²) < 4.78 is 0. The molecule has 0 aromatic heterocycles. The molecule has 0 aromatic carbocycles. The van der Waals surface area contributed by atoms with Crippen LogP contribution in [0.5, 0.6) is 0 Å². The Morgan fingerprint density at radius 2 is 1.88 bits per heavy atom. The monoisotopic (exact) mass is 215 g/mol. The normalized spacial score (nSPS) is 25.8. The highest BCUT2D eigenvalue weighted by atomic mass is 16.1. The smallest absolute Gasteiger partial charge is 0.173 e. The van der Waals surface area contributed by atoms with Gasteiger partial charge in [0.15, 0.2) is 11.6 Å². The zero-order valence-electron chi connectivity index (χ0n) is 9.25. The molecule has 1 fully saturated rings. The number of nitriles is 1. The second-order valence-electron chi connectivity index (χ2n) is 4.39. The number of ketones is 2. The molecule has 1 unspecified atom stereocenters. The van der Waals surface area contributed by atoms with Crippen molar-refractivity contribution < 1.29 is 9.59 Å².